The molecule has 2 aliphatic heterocycles. The van der Waals surface area contributed by atoms with Gasteiger partial charge in [-0.15, -0.1) is 0 Å². The Hall–Kier alpha value is -3.22. The van der Waals surface area contributed by atoms with Crippen molar-refractivity contribution < 1.29 is 4.39 Å². The summed E-state index contributed by atoms with van der Waals surface area (Å²) in [5.74, 6) is -0.224. The van der Waals surface area contributed by atoms with Crippen LogP contribution < -0.4 is 10.3 Å². The SMILES string of the molecule is Fc1ccc(C2=NNC(c3ccccc3)C2n2cncn2)c(N2CCCCC2)c1. The maximum Gasteiger partial charge on any atom is 0.137 e. The van der Waals surface area contributed by atoms with Crippen molar-refractivity contribution in [1.82, 2.24) is 20.2 Å². The number of halogens is 1. The summed E-state index contributed by atoms with van der Waals surface area (Å²) in [5.41, 5.74) is 7.11. The number of nitrogens with zero attached hydrogens (tertiary/aromatic N) is 5. The Morgan fingerprint density at radius 2 is 1.83 bits per heavy atom. The Morgan fingerprint density at radius 3 is 2.59 bits per heavy atom. The summed E-state index contributed by atoms with van der Waals surface area (Å²) in [5, 5.41) is 9.12. The van der Waals surface area contributed by atoms with Gasteiger partial charge < -0.3 is 4.90 Å². The maximum absolute atomic E-state index is 14.2. The van der Waals surface area contributed by atoms with Crippen molar-refractivity contribution in [3.05, 3.63) is 78.1 Å². The number of rotatable bonds is 4. The van der Waals surface area contributed by atoms with Crippen molar-refractivity contribution in [3.63, 3.8) is 0 Å². The number of aromatic nitrogens is 3. The van der Waals surface area contributed by atoms with Crippen LogP contribution in [0.15, 0.2) is 66.3 Å². The monoisotopic (exact) mass is 390 g/mol. The highest BCUT2D eigenvalue weighted by molar-refractivity contribution is 6.08. The molecule has 1 aromatic heterocycles. The van der Waals surface area contributed by atoms with Crippen LogP contribution in [0.5, 0.6) is 0 Å². The topological polar surface area (TPSA) is 58.3 Å². The van der Waals surface area contributed by atoms with Gasteiger partial charge in [0.15, 0.2) is 0 Å². The lowest BCUT2D eigenvalue weighted by molar-refractivity contribution is 0.448. The van der Waals surface area contributed by atoms with E-state index in [1.807, 2.05) is 28.9 Å². The molecule has 29 heavy (non-hydrogen) atoms. The van der Waals surface area contributed by atoms with Crippen molar-refractivity contribution in [3.8, 4) is 0 Å². The lowest BCUT2D eigenvalue weighted by Gasteiger charge is -2.31. The van der Waals surface area contributed by atoms with E-state index in [1.54, 1.807) is 12.4 Å². The summed E-state index contributed by atoms with van der Waals surface area (Å²) >= 11 is 0. The largest absolute Gasteiger partial charge is 0.371 e. The molecule has 1 saturated heterocycles. The van der Waals surface area contributed by atoms with Gasteiger partial charge in [-0.25, -0.2) is 14.1 Å². The summed E-state index contributed by atoms with van der Waals surface area (Å²) < 4.78 is 16.0. The molecule has 0 saturated carbocycles. The van der Waals surface area contributed by atoms with E-state index in [0.717, 1.165) is 48.5 Å². The molecule has 0 amide bonds. The van der Waals surface area contributed by atoms with E-state index in [2.05, 4.69) is 32.5 Å². The molecule has 2 unspecified atom stereocenters. The van der Waals surface area contributed by atoms with E-state index in [9.17, 15) is 4.39 Å². The molecule has 0 aliphatic carbocycles. The van der Waals surface area contributed by atoms with Crippen LogP contribution in [0.4, 0.5) is 10.1 Å². The zero-order chi connectivity index (χ0) is 19.6. The number of anilines is 1. The highest BCUT2D eigenvalue weighted by Gasteiger charge is 2.37. The Morgan fingerprint density at radius 1 is 1.00 bits per heavy atom. The number of piperidine rings is 1. The minimum Gasteiger partial charge on any atom is -0.371 e. The quantitative estimate of drug-likeness (QED) is 0.738. The van der Waals surface area contributed by atoms with Crippen molar-refractivity contribution in [2.24, 2.45) is 5.10 Å². The first-order chi connectivity index (χ1) is 14.3. The van der Waals surface area contributed by atoms with Crippen molar-refractivity contribution in [2.75, 3.05) is 18.0 Å². The van der Waals surface area contributed by atoms with Crippen LogP contribution in [0.3, 0.4) is 0 Å². The van der Waals surface area contributed by atoms with E-state index in [4.69, 9.17) is 5.10 Å². The number of nitrogens with one attached hydrogen (secondary N) is 1. The normalized spacial score (nSPS) is 21.7. The van der Waals surface area contributed by atoms with Gasteiger partial charge >= 0.3 is 0 Å². The van der Waals surface area contributed by atoms with Crippen molar-refractivity contribution in [1.29, 1.82) is 0 Å². The molecule has 3 heterocycles. The number of hydrazone groups is 1. The van der Waals surface area contributed by atoms with Crippen molar-refractivity contribution in [2.45, 2.75) is 31.3 Å². The van der Waals surface area contributed by atoms with Gasteiger partial charge in [-0.3, -0.25) is 5.43 Å². The molecular weight excluding hydrogens is 367 g/mol. The maximum atomic E-state index is 14.2. The number of hydrogen-bond acceptors (Lipinski definition) is 5. The van der Waals surface area contributed by atoms with Gasteiger partial charge in [0.1, 0.15) is 24.5 Å². The first-order valence-corrected chi connectivity index (χ1v) is 10.1. The van der Waals surface area contributed by atoms with Crippen LogP contribution in [-0.2, 0) is 0 Å². The molecule has 148 valence electrons. The summed E-state index contributed by atoms with van der Waals surface area (Å²) in [6.07, 6.45) is 6.72. The molecular formula is C22H23FN6. The summed E-state index contributed by atoms with van der Waals surface area (Å²) in [7, 11) is 0. The summed E-state index contributed by atoms with van der Waals surface area (Å²) in [4.78, 5) is 6.42. The van der Waals surface area contributed by atoms with E-state index in [0.29, 0.717) is 0 Å². The van der Waals surface area contributed by atoms with Crippen LogP contribution >= 0.6 is 0 Å². The molecule has 2 atom stereocenters. The average molecular weight is 390 g/mol. The third-order valence-corrected chi connectivity index (χ3v) is 5.73. The van der Waals surface area contributed by atoms with Crippen LogP contribution in [0, 0.1) is 5.82 Å². The first-order valence-electron chi connectivity index (χ1n) is 10.1. The van der Waals surface area contributed by atoms with Crippen LogP contribution in [0.25, 0.3) is 0 Å². The predicted molar refractivity (Wildman–Crippen MR) is 110 cm³/mol. The fraction of sp³-hybridized carbons (Fsp3) is 0.318. The first kappa shape index (κ1) is 17.8. The Balaban J connectivity index is 1.58. The van der Waals surface area contributed by atoms with Crippen molar-refractivity contribution >= 4 is 11.4 Å². The standard InChI is InChI=1S/C22H23FN6/c23-17-9-10-18(19(13-17)28-11-5-2-6-12-28)21-22(29-15-24-14-25-29)20(26-27-21)16-7-3-1-4-8-16/h1,3-4,7-10,13-15,20,22,26H,2,5-6,11-12H2. The average Bonchev–Trinajstić information content (AvgIpc) is 3.45. The van der Waals surface area contributed by atoms with Crippen LogP contribution in [0.1, 0.15) is 42.5 Å². The third kappa shape index (κ3) is 3.37. The smallest absolute Gasteiger partial charge is 0.137 e. The second-order valence-electron chi connectivity index (χ2n) is 7.54. The van der Waals surface area contributed by atoms with E-state index >= 15 is 0 Å². The van der Waals surface area contributed by atoms with Crippen LogP contribution in [0.2, 0.25) is 0 Å². The highest BCUT2D eigenvalue weighted by atomic mass is 19.1. The molecule has 5 rings (SSSR count). The Kier molecular flexibility index (Phi) is 4.71. The lowest BCUT2D eigenvalue weighted by atomic mass is 9.92. The molecule has 0 spiro atoms. The molecule has 7 heteroatoms. The van der Waals surface area contributed by atoms with Gasteiger partial charge in [0.2, 0.25) is 0 Å². The van der Waals surface area contributed by atoms with Gasteiger partial charge in [0, 0.05) is 24.3 Å². The molecule has 0 bridgehead atoms. The molecule has 2 aliphatic rings. The van der Waals surface area contributed by atoms with Gasteiger partial charge in [-0.2, -0.15) is 10.2 Å². The zero-order valence-corrected chi connectivity index (χ0v) is 16.1. The fourth-order valence-electron chi connectivity index (χ4n) is 4.33. The molecule has 2 aromatic carbocycles. The van der Waals surface area contributed by atoms with E-state index in [-0.39, 0.29) is 17.9 Å². The minimum atomic E-state index is -0.224. The summed E-state index contributed by atoms with van der Waals surface area (Å²) in [6, 6.07) is 14.9. The van der Waals surface area contributed by atoms with E-state index < -0.39 is 0 Å². The number of hydrogen-bond donors (Lipinski definition) is 1. The van der Waals surface area contributed by atoms with Gasteiger partial charge in [-0.05, 0) is 43.0 Å². The lowest BCUT2D eigenvalue weighted by Crippen LogP contribution is -2.32. The highest BCUT2D eigenvalue weighted by Crippen LogP contribution is 2.37. The van der Waals surface area contributed by atoms with Crippen LogP contribution in [-0.4, -0.2) is 33.6 Å². The zero-order valence-electron chi connectivity index (χ0n) is 16.1. The Bertz CT molecular complexity index is 995. The third-order valence-electron chi connectivity index (χ3n) is 5.73. The molecule has 3 aromatic rings. The minimum absolute atomic E-state index is 0.0767. The van der Waals surface area contributed by atoms with E-state index in [1.165, 1.54) is 18.8 Å². The second kappa shape index (κ2) is 7.66. The molecule has 1 N–H and O–H groups in total. The molecule has 0 radical (unpaired) electrons. The summed E-state index contributed by atoms with van der Waals surface area (Å²) in [6.45, 7) is 1.88. The van der Waals surface area contributed by atoms with Gasteiger partial charge in [0.05, 0.1) is 11.8 Å². The van der Waals surface area contributed by atoms with Gasteiger partial charge in [0.25, 0.3) is 0 Å². The number of benzene rings is 2. The fourth-order valence-corrected chi connectivity index (χ4v) is 4.33. The van der Waals surface area contributed by atoms with Gasteiger partial charge in [-0.1, -0.05) is 30.3 Å². The molecule has 1 fully saturated rings. The second-order valence-corrected chi connectivity index (χ2v) is 7.54. The predicted octanol–water partition coefficient (Wildman–Crippen LogP) is 3.70. The molecule has 6 nitrogen and oxygen atoms in total. The Labute approximate surface area is 169 Å².